The Morgan fingerprint density at radius 1 is 1.06 bits per heavy atom. The Hall–Kier alpha value is -0.0800. The molecule has 0 aromatic rings. The molecule has 0 aliphatic heterocycles. The topological polar surface area (TPSA) is 23.5 Å². The molecule has 0 radical (unpaired) electrons. The lowest BCUT2D eigenvalue weighted by molar-refractivity contribution is -0.211. The average molecular weight is 227 g/mol. The maximum absolute atomic E-state index is 10.4. The Kier molecular flexibility index (Phi) is 4.81. The van der Waals surface area contributed by atoms with Gasteiger partial charge in [0.15, 0.2) is 0 Å². The van der Waals surface area contributed by atoms with Crippen LogP contribution in [0, 0.1) is 11.8 Å². The van der Waals surface area contributed by atoms with Gasteiger partial charge in [-0.05, 0) is 45.4 Å². The minimum absolute atomic E-state index is 0.146. The monoisotopic (exact) mass is 227 g/mol. The molecule has 1 fully saturated rings. The smallest absolute Gasteiger partial charge is 0.0407 e. The van der Waals surface area contributed by atoms with Crippen LogP contribution in [0.1, 0.15) is 66.7 Å². The van der Waals surface area contributed by atoms with Crippen LogP contribution in [0.3, 0.4) is 0 Å². The van der Waals surface area contributed by atoms with Crippen LogP contribution >= 0.6 is 0 Å². The maximum atomic E-state index is 10.4. The van der Waals surface area contributed by atoms with E-state index in [1.165, 1.54) is 32.1 Å². The molecule has 1 aliphatic carbocycles. The highest BCUT2D eigenvalue weighted by Gasteiger charge is 2.35. The number of hydroxylamine groups is 2. The van der Waals surface area contributed by atoms with Gasteiger partial charge >= 0.3 is 0 Å². The summed E-state index contributed by atoms with van der Waals surface area (Å²) in [4.78, 5) is 0. The van der Waals surface area contributed by atoms with Crippen molar-refractivity contribution >= 4 is 0 Å². The zero-order valence-corrected chi connectivity index (χ0v) is 11.7. The van der Waals surface area contributed by atoms with Crippen molar-refractivity contribution in [1.82, 2.24) is 5.06 Å². The minimum atomic E-state index is -0.146. The summed E-state index contributed by atoms with van der Waals surface area (Å²) < 4.78 is 0. The zero-order valence-electron chi connectivity index (χ0n) is 11.7. The van der Waals surface area contributed by atoms with Gasteiger partial charge in [-0.3, -0.25) is 0 Å². The third kappa shape index (κ3) is 3.46. The molecular formula is C14H29NO. The van der Waals surface area contributed by atoms with Crippen molar-refractivity contribution in [2.24, 2.45) is 11.8 Å². The molecule has 1 aliphatic rings. The second kappa shape index (κ2) is 5.50. The van der Waals surface area contributed by atoms with Gasteiger partial charge < -0.3 is 5.21 Å². The van der Waals surface area contributed by atoms with Crippen LogP contribution < -0.4 is 0 Å². The van der Waals surface area contributed by atoms with Crippen LogP contribution in [-0.2, 0) is 0 Å². The Balaban J connectivity index is 2.73. The number of hydrogen-bond donors (Lipinski definition) is 1. The van der Waals surface area contributed by atoms with E-state index in [9.17, 15) is 5.21 Å². The van der Waals surface area contributed by atoms with Crippen LogP contribution in [0.4, 0.5) is 0 Å². The Labute approximate surface area is 101 Å². The minimum Gasteiger partial charge on any atom is -0.313 e. The number of rotatable bonds is 3. The fraction of sp³-hybridized carbons (Fsp3) is 1.00. The Bertz CT molecular complexity index is 201. The van der Waals surface area contributed by atoms with Gasteiger partial charge in [0.25, 0.3) is 0 Å². The molecular weight excluding hydrogens is 198 g/mol. The fourth-order valence-corrected chi connectivity index (χ4v) is 2.95. The summed E-state index contributed by atoms with van der Waals surface area (Å²) in [6, 6.07) is 0.320. The van der Waals surface area contributed by atoms with Gasteiger partial charge in [-0.2, -0.15) is 5.06 Å². The van der Waals surface area contributed by atoms with Crippen LogP contribution in [0.5, 0.6) is 0 Å². The molecule has 0 aromatic carbocycles. The number of hydrogen-bond acceptors (Lipinski definition) is 2. The van der Waals surface area contributed by atoms with E-state index >= 15 is 0 Å². The predicted octanol–water partition coefficient (Wildman–Crippen LogP) is 4.08. The van der Waals surface area contributed by atoms with Gasteiger partial charge in [0, 0.05) is 11.6 Å². The summed E-state index contributed by atoms with van der Waals surface area (Å²) in [6.07, 6.45) is 6.63. The van der Waals surface area contributed by atoms with Crippen molar-refractivity contribution in [3.63, 3.8) is 0 Å². The maximum Gasteiger partial charge on any atom is 0.0407 e. The second-order valence-corrected chi connectivity index (χ2v) is 6.65. The molecule has 1 rings (SSSR count). The zero-order chi connectivity index (χ0) is 12.3. The van der Waals surface area contributed by atoms with E-state index in [1.807, 2.05) is 0 Å². The molecule has 1 unspecified atom stereocenters. The van der Waals surface area contributed by atoms with Crippen molar-refractivity contribution in [2.45, 2.75) is 78.3 Å². The van der Waals surface area contributed by atoms with Gasteiger partial charge in [0.1, 0.15) is 0 Å². The van der Waals surface area contributed by atoms with Crippen LogP contribution in [0.25, 0.3) is 0 Å². The highest BCUT2D eigenvalue weighted by Crippen LogP contribution is 2.34. The molecule has 16 heavy (non-hydrogen) atoms. The molecule has 2 nitrogen and oxygen atoms in total. The Morgan fingerprint density at radius 2 is 1.56 bits per heavy atom. The van der Waals surface area contributed by atoms with Gasteiger partial charge in [0.2, 0.25) is 0 Å². The first-order valence-electron chi connectivity index (χ1n) is 6.82. The normalized spacial score (nSPS) is 21.8. The van der Waals surface area contributed by atoms with Crippen molar-refractivity contribution in [1.29, 1.82) is 0 Å². The van der Waals surface area contributed by atoms with Gasteiger partial charge in [-0.15, -0.1) is 0 Å². The number of nitrogens with zero attached hydrogens (tertiary/aromatic N) is 1. The van der Waals surface area contributed by atoms with Crippen LogP contribution in [0.2, 0.25) is 0 Å². The molecule has 0 heterocycles. The Morgan fingerprint density at radius 3 is 1.94 bits per heavy atom. The highest BCUT2D eigenvalue weighted by atomic mass is 16.5. The molecule has 0 bridgehead atoms. The SMILES string of the molecule is CC(C)C(C1CCCCC1)N(O)C(C)(C)C. The van der Waals surface area contributed by atoms with E-state index in [0.29, 0.717) is 17.9 Å². The summed E-state index contributed by atoms with van der Waals surface area (Å²) in [5.74, 6) is 1.20. The second-order valence-electron chi connectivity index (χ2n) is 6.65. The molecule has 1 saturated carbocycles. The molecule has 0 spiro atoms. The summed E-state index contributed by atoms with van der Waals surface area (Å²) >= 11 is 0. The van der Waals surface area contributed by atoms with E-state index in [-0.39, 0.29) is 5.54 Å². The lowest BCUT2D eigenvalue weighted by Crippen LogP contribution is -2.51. The van der Waals surface area contributed by atoms with E-state index < -0.39 is 0 Å². The summed E-state index contributed by atoms with van der Waals surface area (Å²) in [5.41, 5.74) is -0.146. The van der Waals surface area contributed by atoms with Crippen molar-refractivity contribution in [3.8, 4) is 0 Å². The van der Waals surface area contributed by atoms with Crippen molar-refractivity contribution in [3.05, 3.63) is 0 Å². The van der Waals surface area contributed by atoms with Crippen LogP contribution in [0.15, 0.2) is 0 Å². The summed E-state index contributed by atoms with van der Waals surface area (Å²) in [7, 11) is 0. The van der Waals surface area contributed by atoms with Gasteiger partial charge in [0.05, 0.1) is 0 Å². The van der Waals surface area contributed by atoms with E-state index in [1.54, 1.807) is 5.06 Å². The van der Waals surface area contributed by atoms with E-state index in [2.05, 4.69) is 34.6 Å². The first kappa shape index (κ1) is 14.0. The van der Waals surface area contributed by atoms with Crippen LogP contribution in [-0.4, -0.2) is 21.9 Å². The van der Waals surface area contributed by atoms with Gasteiger partial charge in [-0.1, -0.05) is 33.1 Å². The quantitative estimate of drug-likeness (QED) is 0.734. The standard InChI is InChI=1S/C14H29NO/c1-11(2)13(15(16)14(3,4)5)12-9-7-6-8-10-12/h11-13,16H,6-10H2,1-5H3. The van der Waals surface area contributed by atoms with E-state index in [0.717, 1.165) is 0 Å². The summed E-state index contributed by atoms with van der Waals surface area (Å²) in [6.45, 7) is 10.7. The lowest BCUT2D eigenvalue weighted by atomic mass is 9.78. The first-order valence-corrected chi connectivity index (χ1v) is 6.82. The molecule has 0 saturated heterocycles. The third-order valence-electron chi connectivity index (χ3n) is 3.79. The highest BCUT2D eigenvalue weighted by molar-refractivity contribution is 4.85. The van der Waals surface area contributed by atoms with Crippen molar-refractivity contribution in [2.75, 3.05) is 0 Å². The molecule has 96 valence electrons. The molecule has 0 aromatic heterocycles. The molecule has 2 heteroatoms. The molecule has 1 atom stereocenters. The average Bonchev–Trinajstić information content (AvgIpc) is 2.17. The summed E-state index contributed by atoms with van der Waals surface area (Å²) in [5, 5.41) is 12.0. The lowest BCUT2D eigenvalue weighted by Gasteiger charge is -2.43. The largest absolute Gasteiger partial charge is 0.313 e. The van der Waals surface area contributed by atoms with Gasteiger partial charge in [-0.25, -0.2) is 0 Å². The predicted molar refractivity (Wildman–Crippen MR) is 68.6 cm³/mol. The molecule has 1 N–H and O–H groups in total. The first-order chi connectivity index (χ1) is 7.34. The third-order valence-corrected chi connectivity index (χ3v) is 3.79. The van der Waals surface area contributed by atoms with E-state index in [4.69, 9.17) is 0 Å². The molecule has 0 amide bonds. The fourth-order valence-electron chi connectivity index (χ4n) is 2.95. The van der Waals surface area contributed by atoms with Crippen molar-refractivity contribution < 1.29 is 5.21 Å².